The summed E-state index contributed by atoms with van der Waals surface area (Å²) in [4.78, 5) is 4.87. The Labute approximate surface area is 126 Å². The molecule has 118 valence electrons. The molecule has 0 saturated carbocycles. The molecule has 1 heterocycles. The maximum absolute atomic E-state index is 12.8. The predicted octanol–water partition coefficient (Wildman–Crippen LogP) is 1.86. The summed E-state index contributed by atoms with van der Waals surface area (Å²) in [7, 11) is 1.74. The highest BCUT2D eigenvalue weighted by Gasteiger charge is 2.22. The molecule has 0 radical (unpaired) electrons. The summed E-state index contributed by atoms with van der Waals surface area (Å²) in [5.74, 6) is 0.492. The van der Waals surface area contributed by atoms with Gasteiger partial charge in [-0.1, -0.05) is 0 Å². The fourth-order valence-electron chi connectivity index (χ4n) is 2.64. The lowest BCUT2D eigenvalue weighted by Gasteiger charge is -2.39. The number of nitrogens with zero attached hydrogens (tertiary/aromatic N) is 2. The van der Waals surface area contributed by atoms with E-state index in [2.05, 4.69) is 16.7 Å². The van der Waals surface area contributed by atoms with Crippen LogP contribution in [-0.4, -0.2) is 68.9 Å². The Bertz CT molecular complexity index is 413. The maximum Gasteiger partial charge on any atom is 0.123 e. The molecule has 1 fully saturated rings. The maximum atomic E-state index is 12.8. The van der Waals surface area contributed by atoms with E-state index in [-0.39, 0.29) is 5.82 Å². The number of methoxy groups -OCH3 is 1. The lowest BCUT2D eigenvalue weighted by atomic mass is 10.2. The Morgan fingerprint density at radius 2 is 1.90 bits per heavy atom. The second kappa shape index (κ2) is 8.32. The number of piperazine rings is 1. The normalized spacial score (nSPS) is 20.6. The van der Waals surface area contributed by atoms with Gasteiger partial charge in [-0.3, -0.25) is 9.80 Å². The molecule has 1 aromatic carbocycles. The third-order valence-electron chi connectivity index (χ3n) is 3.92. The summed E-state index contributed by atoms with van der Waals surface area (Å²) < 4.78 is 23.6. The molecule has 0 unspecified atom stereocenters. The van der Waals surface area contributed by atoms with Gasteiger partial charge in [0.2, 0.25) is 0 Å². The number of halogens is 1. The number of ether oxygens (including phenoxy) is 2. The van der Waals surface area contributed by atoms with Crippen LogP contribution in [0.3, 0.4) is 0 Å². The van der Waals surface area contributed by atoms with Gasteiger partial charge in [-0.15, -0.1) is 0 Å². The quantitative estimate of drug-likeness (QED) is 0.767. The Kier molecular flexibility index (Phi) is 6.42. The molecular formula is C16H25FN2O2. The number of benzene rings is 1. The molecule has 1 aliphatic rings. The molecule has 1 atom stereocenters. The number of hydrogen-bond acceptors (Lipinski definition) is 4. The molecule has 0 spiro atoms. The van der Waals surface area contributed by atoms with E-state index in [1.54, 1.807) is 19.2 Å². The summed E-state index contributed by atoms with van der Waals surface area (Å²) in [5.41, 5.74) is 0. The zero-order valence-corrected chi connectivity index (χ0v) is 12.9. The van der Waals surface area contributed by atoms with Crippen LogP contribution in [0.25, 0.3) is 0 Å². The van der Waals surface area contributed by atoms with Crippen molar-refractivity contribution in [2.45, 2.75) is 13.0 Å². The first kappa shape index (κ1) is 16.2. The van der Waals surface area contributed by atoms with Crippen LogP contribution in [0.5, 0.6) is 5.75 Å². The van der Waals surface area contributed by atoms with E-state index >= 15 is 0 Å². The zero-order valence-electron chi connectivity index (χ0n) is 12.9. The van der Waals surface area contributed by atoms with Gasteiger partial charge >= 0.3 is 0 Å². The Balaban J connectivity index is 1.67. The third-order valence-corrected chi connectivity index (χ3v) is 3.92. The minimum absolute atomic E-state index is 0.233. The van der Waals surface area contributed by atoms with Gasteiger partial charge in [-0.05, 0) is 31.2 Å². The minimum Gasteiger partial charge on any atom is -0.492 e. The number of rotatable bonds is 7. The second-order valence-corrected chi connectivity index (χ2v) is 5.48. The molecule has 0 bridgehead atoms. The van der Waals surface area contributed by atoms with Crippen molar-refractivity contribution in [2.24, 2.45) is 0 Å². The molecule has 1 saturated heterocycles. The predicted molar refractivity (Wildman–Crippen MR) is 81.2 cm³/mol. The Morgan fingerprint density at radius 1 is 1.14 bits per heavy atom. The second-order valence-electron chi connectivity index (χ2n) is 5.48. The average molecular weight is 296 g/mol. The highest BCUT2D eigenvalue weighted by Crippen LogP contribution is 2.12. The first-order chi connectivity index (χ1) is 10.2. The van der Waals surface area contributed by atoms with Crippen LogP contribution in [0.4, 0.5) is 4.39 Å². The summed E-state index contributed by atoms with van der Waals surface area (Å²) in [6.07, 6.45) is 0. The summed E-state index contributed by atoms with van der Waals surface area (Å²) in [6.45, 7) is 8.76. The Hall–Kier alpha value is -1.17. The fraction of sp³-hybridized carbons (Fsp3) is 0.625. The van der Waals surface area contributed by atoms with Crippen molar-refractivity contribution in [3.8, 4) is 5.75 Å². The topological polar surface area (TPSA) is 24.9 Å². The van der Waals surface area contributed by atoms with Gasteiger partial charge in [0.15, 0.2) is 0 Å². The Morgan fingerprint density at radius 3 is 2.57 bits per heavy atom. The van der Waals surface area contributed by atoms with Crippen molar-refractivity contribution in [3.63, 3.8) is 0 Å². The lowest BCUT2D eigenvalue weighted by Crippen LogP contribution is -2.53. The molecule has 0 aromatic heterocycles. The molecular weight excluding hydrogens is 271 g/mol. The molecule has 0 amide bonds. The highest BCUT2D eigenvalue weighted by atomic mass is 19.1. The molecule has 1 aliphatic heterocycles. The van der Waals surface area contributed by atoms with E-state index in [1.165, 1.54) is 12.1 Å². The van der Waals surface area contributed by atoms with Crippen LogP contribution >= 0.6 is 0 Å². The molecule has 0 N–H and O–H groups in total. The van der Waals surface area contributed by atoms with Gasteiger partial charge in [-0.25, -0.2) is 4.39 Å². The van der Waals surface area contributed by atoms with Crippen molar-refractivity contribution >= 4 is 0 Å². The van der Waals surface area contributed by atoms with Crippen LogP contribution in [0.2, 0.25) is 0 Å². The van der Waals surface area contributed by atoms with E-state index in [1.807, 2.05) is 0 Å². The van der Waals surface area contributed by atoms with E-state index < -0.39 is 0 Å². The largest absolute Gasteiger partial charge is 0.492 e. The molecule has 5 heteroatoms. The monoisotopic (exact) mass is 296 g/mol. The third kappa shape index (κ3) is 5.26. The molecule has 1 aromatic rings. The van der Waals surface area contributed by atoms with E-state index in [0.717, 1.165) is 45.1 Å². The summed E-state index contributed by atoms with van der Waals surface area (Å²) in [6, 6.07) is 6.72. The van der Waals surface area contributed by atoms with Gasteiger partial charge in [0.05, 0.1) is 6.61 Å². The summed E-state index contributed by atoms with van der Waals surface area (Å²) >= 11 is 0. The van der Waals surface area contributed by atoms with Gasteiger partial charge in [0, 0.05) is 45.9 Å². The highest BCUT2D eigenvalue weighted by molar-refractivity contribution is 5.21. The molecule has 21 heavy (non-hydrogen) atoms. The van der Waals surface area contributed by atoms with Gasteiger partial charge < -0.3 is 9.47 Å². The van der Waals surface area contributed by atoms with Crippen molar-refractivity contribution in [1.82, 2.24) is 9.80 Å². The van der Waals surface area contributed by atoms with Gasteiger partial charge in [-0.2, -0.15) is 0 Å². The summed E-state index contributed by atoms with van der Waals surface area (Å²) in [5, 5.41) is 0. The van der Waals surface area contributed by atoms with E-state index in [4.69, 9.17) is 9.47 Å². The van der Waals surface area contributed by atoms with Crippen molar-refractivity contribution < 1.29 is 13.9 Å². The van der Waals surface area contributed by atoms with Gasteiger partial charge in [0.1, 0.15) is 18.2 Å². The fourth-order valence-corrected chi connectivity index (χ4v) is 2.64. The first-order valence-electron chi connectivity index (χ1n) is 7.53. The van der Waals surface area contributed by atoms with Gasteiger partial charge in [0.25, 0.3) is 0 Å². The van der Waals surface area contributed by atoms with Crippen LogP contribution < -0.4 is 4.74 Å². The molecule has 4 nitrogen and oxygen atoms in total. The minimum atomic E-state index is -0.233. The van der Waals surface area contributed by atoms with Crippen LogP contribution in [0, 0.1) is 5.82 Å². The average Bonchev–Trinajstić information content (AvgIpc) is 2.48. The zero-order chi connectivity index (χ0) is 15.1. The standard InChI is InChI=1S/C16H25FN2O2/c1-14-13-18(7-8-19(14)10-11-20-2)9-12-21-16-5-3-15(17)4-6-16/h3-6,14H,7-13H2,1-2H3/t14-/m0/s1. The van der Waals surface area contributed by atoms with E-state index in [9.17, 15) is 4.39 Å². The van der Waals surface area contributed by atoms with Crippen LogP contribution in [0.15, 0.2) is 24.3 Å². The van der Waals surface area contributed by atoms with E-state index in [0.29, 0.717) is 12.6 Å². The van der Waals surface area contributed by atoms with Crippen molar-refractivity contribution in [1.29, 1.82) is 0 Å². The smallest absolute Gasteiger partial charge is 0.123 e. The SMILES string of the molecule is COCCN1CCN(CCOc2ccc(F)cc2)C[C@@H]1C. The molecule has 0 aliphatic carbocycles. The first-order valence-corrected chi connectivity index (χ1v) is 7.53. The van der Waals surface area contributed by atoms with Crippen LogP contribution in [0.1, 0.15) is 6.92 Å². The molecule has 2 rings (SSSR count). The van der Waals surface area contributed by atoms with Crippen molar-refractivity contribution in [2.75, 3.05) is 53.0 Å². The van der Waals surface area contributed by atoms with Crippen LogP contribution in [-0.2, 0) is 4.74 Å². The lowest BCUT2D eigenvalue weighted by molar-refractivity contribution is 0.0531. The van der Waals surface area contributed by atoms with Crippen molar-refractivity contribution in [3.05, 3.63) is 30.1 Å². The number of hydrogen-bond donors (Lipinski definition) is 0.